The summed E-state index contributed by atoms with van der Waals surface area (Å²) < 4.78 is 5.52. The highest BCUT2D eigenvalue weighted by molar-refractivity contribution is 7.17. The van der Waals surface area contributed by atoms with E-state index in [1.165, 1.54) is 11.3 Å². The molecule has 6 heteroatoms. The zero-order chi connectivity index (χ0) is 10.4. The number of aromatic nitrogens is 1. The van der Waals surface area contributed by atoms with E-state index in [1.807, 2.05) is 0 Å². The number of ether oxygens (including phenoxy) is 1. The number of thiazole rings is 1. The number of carbonyl (C=O) groups excluding carboxylic acids is 1. The Kier molecular flexibility index (Phi) is 2.19. The third kappa shape index (κ3) is 1.55. The molecule has 0 saturated carbocycles. The Labute approximate surface area is 95.8 Å². The van der Waals surface area contributed by atoms with Crippen LogP contribution >= 0.6 is 22.9 Å². The van der Waals surface area contributed by atoms with Crippen molar-refractivity contribution in [1.82, 2.24) is 4.98 Å². The topological polar surface area (TPSA) is 42.4 Å². The van der Waals surface area contributed by atoms with Crippen LogP contribution in [0.15, 0.2) is 0 Å². The number of aldehydes is 1. The predicted molar refractivity (Wildman–Crippen MR) is 58.0 cm³/mol. The molecule has 1 aromatic heterocycles. The first-order chi connectivity index (χ1) is 7.26. The third-order valence-corrected chi connectivity index (χ3v) is 4.18. The smallest absolute Gasteiger partial charge is 0.187 e. The number of hydrogen-bond donors (Lipinski definition) is 0. The second-order valence-corrected chi connectivity index (χ2v) is 5.16. The quantitative estimate of drug-likeness (QED) is 0.741. The number of halogens is 1. The Balaban J connectivity index is 1.83. The molecule has 2 bridgehead atoms. The second kappa shape index (κ2) is 3.43. The first-order valence-electron chi connectivity index (χ1n) is 4.78. The van der Waals surface area contributed by atoms with Gasteiger partial charge in [0.15, 0.2) is 16.6 Å². The third-order valence-electron chi connectivity index (χ3n) is 2.73. The van der Waals surface area contributed by atoms with Gasteiger partial charge in [-0.25, -0.2) is 4.98 Å². The molecule has 3 fully saturated rings. The average Bonchev–Trinajstić information content (AvgIpc) is 2.59. The highest BCUT2D eigenvalue weighted by Crippen LogP contribution is 2.35. The summed E-state index contributed by atoms with van der Waals surface area (Å²) in [5, 5.41) is 1.14. The number of anilines is 1. The first kappa shape index (κ1) is 9.57. The van der Waals surface area contributed by atoms with E-state index in [0.29, 0.717) is 22.2 Å². The fraction of sp³-hybridized carbons (Fsp3) is 0.556. The van der Waals surface area contributed by atoms with E-state index < -0.39 is 0 Å². The van der Waals surface area contributed by atoms with Gasteiger partial charge in [-0.05, 0) is 0 Å². The number of hydrogen-bond acceptors (Lipinski definition) is 5. The molecule has 0 amide bonds. The fourth-order valence-electron chi connectivity index (χ4n) is 2.02. The van der Waals surface area contributed by atoms with Gasteiger partial charge in [-0.3, -0.25) is 4.79 Å². The van der Waals surface area contributed by atoms with Gasteiger partial charge in [-0.15, -0.1) is 0 Å². The van der Waals surface area contributed by atoms with Gasteiger partial charge in [-0.1, -0.05) is 22.9 Å². The Morgan fingerprint density at radius 3 is 2.73 bits per heavy atom. The summed E-state index contributed by atoms with van der Waals surface area (Å²) in [4.78, 5) is 17.5. The summed E-state index contributed by atoms with van der Waals surface area (Å²) in [6.07, 6.45) is 2.58. The van der Waals surface area contributed by atoms with Crippen LogP contribution in [0.5, 0.6) is 0 Å². The second-order valence-electron chi connectivity index (χ2n) is 3.79. The standard InChI is InChI=1S/C9H9ClN2O2S/c10-8-7(4-13)15-9(11-8)12-2-5-1-6(3-12)14-5/h4-6H,1-3H2. The highest BCUT2D eigenvalue weighted by Gasteiger charge is 2.39. The largest absolute Gasteiger partial charge is 0.371 e. The van der Waals surface area contributed by atoms with E-state index in [4.69, 9.17) is 16.3 Å². The van der Waals surface area contributed by atoms with E-state index in [9.17, 15) is 4.79 Å². The molecule has 0 N–H and O–H groups in total. The van der Waals surface area contributed by atoms with Crippen LogP contribution in [0, 0.1) is 0 Å². The van der Waals surface area contributed by atoms with Gasteiger partial charge in [0.1, 0.15) is 4.88 Å². The van der Waals surface area contributed by atoms with Crippen molar-refractivity contribution in [2.75, 3.05) is 18.0 Å². The van der Waals surface area contributed by atoms with Gasteiger partial charge >= 0.3 is 0 Å². The number of nitrogens with zero attached hydrogens (tertiary/aromatic N) is 2. The van der Waals surface area contributed by atoms with Crippen molar-refractivity contribution in [2.45, 2.75) is 18.6 Å². The summed E-state index contributed by atoms with van der Waals surface area (Å²) in [6.45, 7) is 1.72. The average molecular weight is 245 g/mol. The molecule has 1 aromatic rings. The molecule has 15 heavy (non-hydrogen) atoms. The van der Waals surface area contributed by atoms with E-state index in [0.717, 1.165) is 30.9 Å². The minimum atomic E-state index is 0.310. The number of morpholine rings is 1. The van der Waals surface area contributed by atoms with Gasteiger partial charge in [-0.2, -0.15) is 0 Å². The molecule has 0 aliphatic carbocycles. The van der Waals surface area contributed by atoms with Crippen LogP contribution in [0.1, 0.15) is 16.1 Å². The van der Waals surface area contributed by atoms with Crippen LogP contribution in [0.3, 0.4) is 0 Å². The Morgan fingerprint density at radius 1 is 1.53 bits per heavy atom. The molecular weight excluding hydrogens is 236 g/mol. The lowest BCUT2D eigenvalue weighted by Gasteiger charge is -2.46. The molecular formula is C9H9ClN2O2S. The van der Waals surface area contributed by atoms with Crippen LogP contribution in [-0.4, -0.2) is 36.6 Å². The van der Waals surface area contributed by atoms with E-state index in [2.05, 4.69) is 9.88 Å². The van der Waals surface area contributed by atoms with Gasteiger partial charge in [0, 0.05) is 19.5 Å². The molecule has 4 rings (SSSR count). The van der Waals surface area contributed by atoms with Crippen LogP contribution in [-0.2, 0) is 4.74 Å². The fourth-order valence-corrected chi connectivity index (χ4v) is 3.10. The maximum absolute atomic E-state index is 10.6. The van der Waals surface area contributed by atoms with Gasteiger partial charge in [0.25, 0.3) is 0 Å². The lowest BCUT2D eigenvalue weighted by atomic mass is 9.99. The van der Waals surface area contributed by atoms with Gasteiger partial charge in [0.2, 0.25) is 0 Å². The first-order valence-corrected chi connectivity index (χ1v) is 5.97. The number of piperidine rings is 1. The van der Waals surface area contributed by atoms with Crippen LogP contribution in [0.4, 0.5) is 5.13 Å². The molecule has 3 aliphatic rings. The van der Waals surface area contributed by atoms with Crippen molar-refractivity contribution in [1.29, 1.82) is 0 Å². The van der Waals surface area contributed by atoms with Crippen molar-refractivity contribution in [3.8, 4) is 0 Å². The lowest BCUT2D eigenvalue weighted by Crippen LogP contribution is -2.57. The molecule has 3 aliphatic heterocycles. The normalized spacial score (nSPS) is 28.7. The maximum atomic E-state index is 10.6. The SMILES string of the molecule is O=Cc1sc(N2CC3CC(C2)O3)nc1Cl. The maximum Gasteiger partial charge on any atom is 0.187 e. The van der Waals surface area contributed by atoms with Crippen LogP contribution in [0.2, 0.25) is 5.15 Å². The summed E-state index contributed by atoms with van der Waals surface area (Å²) in [5.41, 5.74) is 0. The monoisotopic (exact) mass is 244 g/mol. The zero-order valence-electron chi connectivity index (χ0n) is 7.85. The molecule has 0 radical (unpaired) electrons. The molecule has 2 atom stereocenters. The molecule has 4 nitrogen and oxygen atoms in total. The molecule has 4 heterocycles. The highest BCUT2D eigenvalue weighted by atomic mass is 35.5. The molecule has 2 unspecified atom stereocenters. The van der Waals surface area contributed by atoms with Crippen molar-refractivity contribution < 1.29 is 9.53 Å². The number of fused-ring (bicyclic) bond motifs is 2. The summed E-state index contributed by atoms with van der Waals surface area (Å²) in [5.74, 6) is 0. The molecule has 3 saturated heterocycles. The van der Waals surface area contributed by atoms with Crippen molar-refractivity contribution in [3.63, 3.8) is 0 Å². The Morgan fingerprint density at radius 2 is 2.20 bits per heavy atom. The lowest BCUT2D eigenvalue weighted by molar-refractivity contribution is -0.133. The van der Waals surface area contributed by atoms with E-state index in [1.54, 1.807) is 0 Å². The molecule has 0 aromatic carbocycles. The number of carbonyl (C=O) groups is 1. The van der Waals surface area contributed by atoms with E-state index in [-0.39, 0.29) is 0 Å². The molecule has 80 valence electrons. The minimum Gasteiger partial charge on any atom is -0.371 e. The van der Waals surface area contributed by atoms with Crippen molar-refractivity contribution in [3.05, 3.63) is 10.0 Å². The summed E-state index contributed by atoms with van der Waals surface area (Å²) in [6, 6.07) is 0. The minimum absolute atomic E-state index is 0.310. The van der Waals surface area contributed by atoms with Gasteiger partial charge in [0.05, 0.1) is 12.2 Å². The number of rotatable bonds is 2. The van der Waals surface area contributed by atoms with E-state index >= 15 is 0 Å². The Bertz CT molecular complexity index is 393. The zero-order valence-corrected chi connectivity index (χ0v) is 9.42. The molecule has 0 spiro atoms. The summed E-state index contributed by atoms with van der Waals surface area (Å²) >= 11 is 7.17. The predicted octanol–water partition coefficient (Wildman–Crippen LogP) is 1.59. The van der Waals surface area contributed by atoms with Crippen LogP contribution < -0.4 is 4.90 Å². The summed E-state index contributed by atoms with van der Waals surface area (Å²) in [7, 11) is 0. The van der Waals surface area contributed by atoms with Crippen molar-refractivity contribution >= 4 is 34.4 Å². The van der Waals surface area contributed by atoms with Crippen molar-refractivity contribution in [2.24, 2.45) is 0 Å². The Hall–Kier alpha value is -0.650. The van der Waals surface area contributed by atoms with Crippen LogP contribution in [0.25, 0.3) is 0 Å². The van der Waals surface area contributed by atoms with Gasteiger partial charge < -0.3 is 9.64 Å².